The topological polar surface area (TPSA) is 97.4 Å². The van der Waals surface area contributed by atoms with Crippen LogP contribution in [0.15, 0.2) is 42.5 Å². The minimum Gasteiger partial charge on any atom is -0.456 e. The molecule has 2 heterocycles. The van der Waals surface area contributed by atoms with Gasteiger partial charge in [0.1, 0.15) is 11.5 Å². The second-order valence-electron chi connectivity index (χ2n) is 8.05. The third-order valence-corrected chi connectivity index (χ3v) is 6.40. The molecule has 8 nitrogen and oxygen atoms in total. The first-order valence-corrected chi connectivity index (χ1v) is 11.5. The summed E-state index contributed by atoms with van der Waals surface area (Å²) in [6, 6.07) is 10.9. The number of hydrogen-bond donors (Lipinski definition) is 0. The van der Waals surface area contributed by atoms with E-state index in [9.17, 15) is 14.4 Å². The summed E-state index contributed by atoms with van der Waals surface area (Å²) < 4.78 is 27.4. The van der Waals surface area contributed by atoms with Crippen molar-refractivity contribution in [2.75, 3.05) is 0 Å². The Morgan fingerprint density at radius 2 is 1.42 bits per heavy atom. The molecule has 184 valence electrons. The molecule has 2 aliphatic rings. The Kier molecular flexibility index (Phi) is 6.08. The van der Waals surface area contributed by atoms with Gasteiger partial charge < -0.3 is 18.9 Å². The van der Waals surface area contributed by atoms with Gasteiger partial charge in [0.15, 0.2) is 17.1 Å². The Balaban J connectivity index is 1.83. The standard InChI is InChI=1S/C25H15Cl3O8/c1-11(29)33-22-8-20-16(6-18(22)26)25(15-5-13(10-32-28)3-4-14(15)24(31)36-25)17-7-19(27)23(34-12(2)30)9-21(17)35-20/h3-9H,10H2,1-2H3. The summed E-state index contributed by atoms with van der Waals surface area (Å²) in [7, 11) is 0. The summed E-state index contributed by atoms with van der Waals surface area (Å²) in [5.74, 6) is -1.29. The van der Waals surface area contributed by atoms with E-state index in [4.69, 9.17) is 58.3 Å². The van der Waals surface area contributed by atoms with E-state index in [1.54, 1.807) is 18.2 Å². The average Bonchev–Trinajstić information content (AvgIpc) is 3.09. The molecule has 3 aromatic rings. The van der Waals surface area contributed by atoms with Crippen molar-refractivity contribution in [3.05, 3.63) is 80.3 Å². The Hall–Kier alpha value is -3.30. The van der Waals surface area contributed by atoms with Gasteiger partial charge in [-0.1, -0.05) is 29.3 Å². The first-order valence-electron chi connectivity index (χ1n) is 10.5. The number of halogens is 3. The van der Waals surface area contributed by atoms with Gasteiger partial charge in [-0.25, -0.2) is 4.79 Å². The first kappa shape index (κ1) is 24.4. The average molecular weight is 550 g/mol. The van der Waals surface area contributed by atoms with Crippen LogP contribution < -0.4 is 14.2 Å². The van der Waals surface area contributed by atoms with Crippen LogP contribution >= 0.6 is 35.1 Å². The maximum Gasteiger partial charge on any atom is 0.340 e. The molecule has 0 amide bonds. The summed E-state index contributed by atoms with van der Waals surface area (Å²) in [6.07, 6.45) is 0. The zero-order chi connectivity index (χ0) is 25.8. The van der Waals surface area contributed by atoms with Crippen molar-refractivity contribution >= 4 is 53.0 Å². The Morgan fingerprint density at radius 3 is 1.92 bits per heavy atom. The first-order chi connectivity index (χ1) is 17.1. The molecule has 0 N–H and O–H groups in total. The monoisotopic (exact) mass is 548 g/mol. The van der Waals surface area contributed by atoms with Gasteiger partial charge in [-0.05, 0) is 29.8 Å². The highest BCUT2D eigenvalue weighted by Crippen LogP contribution is 2.58. The zero-order valence-electron chi connectivity index (χ0n) is 18.6. The van der Waals surface area contributed by atoms with E-state index in [0.29, 0.717) is 27.8 Å². The molecule has 36 heavy (non-hydrogen) atoms. The summed E-state index contributed by atoms with van der Waals surface area (Å²) in [5, 5.41) is 0.172. The number of benzene rings is 3. The minimum absolute atomic E-state index is 0.0459. The molecule has 0 bridgehead atoms. The molecule has 11 heteroatoms. The number of esters is 3. The molecule has 0 saturated carbocycles. The van der Waals surface area contributed by atoms with Gasteiger partial charge in [-0.3, -0.25) is 13.9 Å². The fourth-order valence-corrected chi connectivity index (χ4v) is 4.91. The van der Waals surface area contributed by atoms with Crippen LogP contribution in [0.3, 0.4) is 0 Å². The van der Waals surface area contributed by atoms with Crippen LogP contribution in [0.25, 0.3) is 0 Å². The van der Waals surface area contributed by atoms with Crippen LogP contribution in [0.2, 0.25) is 10.0 Å². The maximum absolute atomic E-state index is 13.1. The van der Waals surface area contributed by atoms with Gasteiger partial charge in [0, 0.05) is 42.7 Å². The zero-order valence-corrected chi connectivity index (χ0v) is 20.9. The lowest BCUT2D eigenvalue weighted by molar-refractivity contribution is -0.132. The number of hydrogen-bond acceptors (Lipinski definition) is 8. The Morgan fingerprint density at radius 1 is 0.861 bits per heavy atom. The van der Waals surface area contributed by atoms with Crippen molar-refractivity contribution < 1.29 is 37.6 Å². The van der Waals surface area contributed by atoms with E-state index in [-0.39, 0.29) is 39.7 Å². The molecule has 0 aromatic heterocycles. The molecule has 0 aliphatic carbocycles. The van der Waals surface area contributed by atoms with Crippen molar-refractivity contribution in [2.24, 2.45) is 0 Å². The second kappa shape index (κ2) is 8.97. The van der Waals surface area contributed by atoms with E-state index in [1.807, 2.05) is 0 Å². The fraction of sp³-hybridized carbons (Fsp3) is 0.160. The van der Waals surface area contributed by atoms with Gasteiger partial charge in [-0.15, -0.1) is 0 Å². The van der Waals surface area contributed by atoms with Crippen LogP contribution in [0.4, 0.5) is 0 Å². The van der Waals surface area contributed by atoms with E-state index in [0.717, 1.165) is 0 Å². The Labute approximate surface area is 219 Å². The molecule has 0 saturated heterocycles. The van der Waals surface area contributed by atoms with Crippen molar-refractivity contribution in [2.45, 2.75) is 26.1 Å². The van der Waals surface area contributed by atoms with Gasteiger partial charge in [0.05, 0.1) is 34.1 Å². The lowest BCUT2D eigenvalue weighted by Gasteiger charge is -2.37. The molecule has 5 rings (SSSR count). The summed E-state index contributed by atoms with van der Waals surface area (Å²) >= 11 is 18.4. The van der Waals surface area contributed by atoms with Crippen LogP contribution in [0, 0.1) is 0 Å². The normalized spacial score (nSPS) is 14.3. The predicted molar refractivity (Wildman–Crippen MR) is 128 cm³/mol. The van der Waals surface area contributed by atoms with Crippen LogP contribution in [0.1, 0.15) is 46.5 Å². The SMILES string of the molecule is CC(=O)Oc1cc2c(cc1Cl)C1(OC(=O)c3ccc(COCl)cc31)c1cc(Cl)c(OC(C)=O)cc1O2. The Bertz CT molecular complexity index is 1390. The smallest absolute Gasteiger partial charge is 0.340 e. The van der Waals surface area contributed by atoms with Crippen molar-refractivity contribution in [3.63, 3.8) is 0 Å². The maximum atomic E-state index is 13.1. The van der Waals surface area contributed by atoms with E-state index >= 15 is 0 Å². The molecule has 1 spiro atoms. The van der Waals surface area contributed by atoms with Crippen molar-refractivity contribution in [3.8, 4) is 23.0 Å². The minimum atomic E-state index is -1.55. The number of rotatable bonds is 4. The highest BCUT2D eigenvalue weighted by atomic mass is 35.5. The van der Waals surface area contributed by atoms with E-state index in [1.165, 1.54) is 38.1 Å². The molecule has 0 radical (unpaired) electrons. The highest BCUT2D eigenvalue weighted by Gasteiger charge is 2.54. The van der Waals surface area contributed by atoms with E-state index < -0.39 is 23.5 Å². The molecule has 0 unspecified atom stereocenters. The molecular formula is C25H15Cl3O8. The predicted octanol–water partition coefficient (Wildman–Crippen LogP) is 6.08. The largest absolute Gasteiger partial charge is 0.456 e. The van der Waals surface area contributed by atoms with Crippen LogP contribution in [-0.2, 0) is 30.8 Å². The van der Waals surface area contributed by atoms with Gasteiger partial charge in [0.2, 0.25) is 0 Å². The number of carbonyl (C=O) groups excluding carboxylic acids is 3. The summed E-state index contributed by atoms with van der Waals surface area (Å²) in [5.41, 5.74) is 0.617. The van der Waals surface area contributed by atoms with Crippen LogP contribution in [-0.4, -0.2) is 17.9 Å². The summed E-state index contributed by atoms with van der Waals surface area (Å²) in [6.45, 7) is 2.53. The number of fused-ring (bicyclic) bond motifs is 6. The molecular weight excluding hydrogens is 535 g/mol. The van der Waals surface area contributed by atoms with Gasteiger partial charge >= 0.3 is 17.9 Å². The lowest BCUT2D eigenvalue weighted by atomic mass is 9.77. The lowest BCUT2D eigenvalue weighted by Crippen LogP contribution is -2.33. The molecule has 0 fully saturated rings. The summed E-state index contributed by atoms with van der Waals surface area (Å²) in [4.78, 5) is 36.3. The van der Waals surface area contributed by atoms with E-state index in [2.05, 4.69) is 0 Å². The third-order valence-electron chi connectivity index (χ3n) is 5.70. The molecule has 3 aromatic carbocycles. The number of ether oxygens (including phenoxy) is 4. The highest BCUT2D eigenvalue weighted by molar-refractivity contribution is 6.32. The van der Waals surface area contributed by atoms with Gasteiger partial charge in [0.25, 0.3) is 0 Å². The van der Waals surface area contributed by atoms with Crippen LogP contribution in [0.5, 0.6) is 23.0 Å². The quantitative estimate of drug-likeness (QED) is 0.285. The molecule has 0 atom stereocenters. The third kappa shape index (κ3) is 3.87. The fourth-order valence-electron chi connectivity index (χ4n) is 4.38. The number of carbonyl (C=O) groups is 3. The molecule has 2 aliphatic heterocycles. The second-order valence-corrected chi connectivity index (χ2v) is 9.08. The van der Waals surface area contributed by atoms with Gasteiger partial charge in [-0.2, -0.15) is 0 Å². The van der Waals surface area contributed by atoms with Crippen molar-refractivity contribution in [1.82, 2.24) is 0 Å². The van der Waals surface area contributed by atoms with Crippen molar-refractivity contribution in [1.29, 1.82) is 0 Å².